The number of aromatic hydroxyl groups is 1. The molecule has 0 saturated heterocycles. The van der Waals surface area contributed by atoms with Crippen LogP contribution in [0.2, 0.25) is 15.1 Å². The van der Waals surface area contributed by atoms with Crippen molar-refractivity contribution in [1.82, 2.24) is 0 Å². The van der Waals surface area contributed by atoms with Crippen LogP contribution in [0, 0.1) is 0 Å². The average molecular weight is 326 g/mol. The van der Waals surface area contributed by atoms with Gasteiger partial charge in [0.15, 0.2) is 0 Å². The molecule has 0 bridgehead atoms. The summed E-state index contributed by atoms with van der Waals surface area (Å²) in [5.74, 6) is -0.835. The second kappa shape index (κ2) is 7.22. The quantitative estimate of drug-likeness (QED) is 0.477. The minimum absolute atomic E-state index is 0.0165. The number of ether oxygens (including phenoxy) is 1. The number of phenolic OH excluding ortho intramolecular Hbond substituents is 1. The van der Waals surface area contributed by atoms with Crippen molar-refractivity contribution in [3.8, 4) is 5.75 Å². The van der Waals surface area contributed by atoms with Crippen LogP contribution in [-0.2, 0) is 11.2 Å². The number of rotatable bonds is 5. The number of carbonyl (C=O) groups is 1. The molecule has 0 saturated carbocycles. The maximum Gasteiger partial charge on any atom is 0.339 e. The van der Waals surface area contributed by atoms with Crippen molar-refractivity contribution >= 4 is 40.8 Å². The highest BCUT2D eigenvalue weighted by atomic mass is 35.5. The lowest BCUT2D eigenvalue weighted by Gasteiger charge is -2.14. The molecule has 0 unspecified atom stereocenters. The molecule has 0 radical (unpaired) electrons. The van der Waals surface area contributed by atoms with Crippen LogP contribution < -0.4 is 0 Å². The summed E-state index contributed by atoms with van der Waals surface area (Å²) < 4.78 is 4.68. The second-order valence-electron chi connectivity index (χ2n) is 4.09. The summed E-state index contributed by atoms with van der Waals surface area (Å²) in [6, 6.07) is 0. The number of hydrogen-bond acceptors (Lipinski definition) is 3. The fraction of sp³-hybridized carbons (Fsp3) is 0.462. The van der Waals surface area contributed by atoms with Crippen molar-refractivity contribution in [2.75, 3.05) is 7.11 Å². The number of methoxy groups -OCH3 is 1. The maximum atomic E-state index is 11.8. The fourth-order valence-corrected chi connectivity index (χ4v) is 2.53. The predicted molar refractivity (Wildman–Crippen MR) is 77.7 cm³/mol. The maximum absolute atomic E-state index is 11.8. The largest absolute Gasteiger partial charge is 0.506 e. The normalized spacial score (nSPS) is 10.6. The number of phenols is 1. The molecule has 0 fully saturated rings. The second-order valence-corrected chi connectivity index (χ2v) is 5.23. The molecule has 0 amide bonds. The molecule has 0 aliphatic rings. The molecule has 0 aromatic heterocycles. The lowest BCUT2D eigenvalue weighted by molar-refractivity contribution is 0.0599. The smallest absolute Gasteiger partial charge is 0.339 e. The van der Waals surface area contributed by atoms with Crippen LogP contribution in [0.1, 0.15) is 42.1 Å². The Morgan fingerprint density at radius 1 is 1.16 bits per heavy atom. The zero-order valence-electron chi connectivity index (χ0n) is 10.7. The molecule has 3 nitrogen and oxygen atoms in total. The summed E-state index contributed by atoms with van der Waals surface area (Å²) in [4.78, 5) is 11.8. The number of carbonyl (C=O) groups excluding carboxylic acids is 1. The fourth-order valence-electron chi connectivity index (χ4n) is 1.80. The standard InChI is InChI=1S/C13H15Cl3O3/c1-3-4-5-6-7-8(13(18)19-2)9(14)10(15)11(16)12(7)17/h17H,3-6H2,1-2H3. The zero-order chi connectivity index (χ0) is 14.6. The lowest BCUT2D eigenvalue weighted by atomic mass is 10.00. The first-order valence-corrected chi connectivity index (χ1v) is 7.05. The highest BCUT2D eigenvalue weighted by Crippen LogP contribution is 2.43. The molecule has 1 N–H and O–H groups in total. The van der Waals surface area contributed by atoms with Crippen LogP contribution in [-0.4, -0.2) is 18.2 Å². The molecule has 1 aromatic carbocycles. The van der Waals surface area contributed by atoms with Gasteiger partial charge < -0.3 is 9.84 Å². The summed E-state index contributed by atoms with van der Waals surface area (Å²) in [6.07, 6.45) is 3.28. The molecule has 6 heteroatoms. The first-order valence-electron chi connectivity index (χ1n) is 5.92. The Hall–Kier alpha value is -0.640. The highest BCUT2D eigenvalue weighted by Gasteiger charge is 2.25. The summed E-state index contributed by atoms with van der Waals surface area (Å²) in [7, 11) is 1.24. The third kappa shape index (κ3) is 3.47. The number of benzene rings is 1. The molecule has 19 heavy (non-hydrogen) atoms. The average Bonchev–Trinajstić information content (AvgIpc) is 2.41. The van der Waals surface area contributed by atoms with Crippen LogP contribution in [0.4, 0.5) is 0 Å². The molecule has 0 aliphatic carbocycles. The van der Waals surface area contributed by atoms with Gasteiger partial charge in [-0.05, 0) is 12.8 Å². The molecule has 0 atom stereocenters. The van der Waals surface area contributed by atoms with E-state index in [0.29, 0.717) is 12.0 Å². The van der Waals surface area contributed by atoms with E-state index < -0.39 is 5.97 Å². The zero-order valence-corrected chi connectivity index (χ0v) is 13.0. The van der Waals surface area contributed by atoms with Crippen molar-refractivity contribution < 1.29 is 14.6 Å². The third-order valence-electron chi connectivity index (χ3n) is 2.82. The van der Waals surface area contributed by atoms with Gasteiger partial charge in [0, 0.05) is 5.56 Å². The van der Waals surface area contributed by atoms with E-state index in [1.807, 2.05) is 0 Å². The van der Waals surface area contributed by atoms with Crippen molar-refractivity contribution in [2.24, 2.45) is 0 Å². The van der Waals surface area contributed by atoms with E-state index in [1.165, 1.54) is 7.11 Å². The predicted octanol–water partition coefficient (Wildman–Crippen LogP) is 4.87. The summed E-state index contributed by atoms with van der Waals surface area (Å²) in [5.41, 5.74) is 0.479. The van der Waals surface area contributed by atoms with Crippen LogP contribution in [0.3, 0.4) is 0 Å². The van der Waals surface area contributed by atoms with Gasteiger partial charge in [-0.25, -0.2) is 4.79 Å². The van der Waals surface area contributed by atoms with E-state index in [0.717, 1.165) is 19.3 Å². The van der Waals surface area contributed by atoms with Gasteiger partial charge in [-0.2, -0.15) is 0 Å². The van der Waals surface area contributed by atoms with Gasteiger partial charge in [0.05, 0.1) is 22.7 Å². The van der Waals surface area contributed by atoms with E-state index >= 15 is 0 Å². The third-order valence-corrected chi connectivity index (χ3v) is 4.14. The number of unbranched alkanes of at least 4 members (excludes halogenated alkanes) is 2. The van der Waals surface area contributed by atoms with Gasteiger partial charge in [0.1, 0.15) is 10.8 Å². The molecule has 1 aromatic rings. The molecule has 1 rings (SSSR count). The first kappa shape index (κ1) is 16.4. The topological polar surface area (TPSA) is 46.5 Å². The van der Waals surface area contributed by atoms with Gasteiger partial charge in [-0.3, -0.25) is 0 Å². The van der Waals surface area contributed by atoms with Crippen LogP contribution in [0.5, 0.6) is 5.75 Å². The molecular formula is C13H15Cl3O3. The Morgan fingerprint density at radius 2 is 1.79 bits per heavy atom. The number of esters is 1. The van der Waals surface area contributed by atoms with E-state index in [4.69, 9.17) is 34.8 Å². The van der Waals surface area contributed by atoms with Crippen molar-refractivity contribution in [3.63, 3.8) is 0 Å². The van der Waals surface area contributed by atoms with E-state index in [1.54, 1.807) is 0 Å². The van der Waals surface area contributed by atoms with Crippen molar-refractivity contribution in [1.29, 1.82) is 0 Å². The van der Waals surface area contributed by atoms with Crippen LogP contribution >= 0.6 is 34.8 Å². The van der Waals surface area contributed by atoms with Gasteiger partial charge in [0.2, 0.25) is 0 Å². The molecule has 106 valence electrons. The van der Waals surface area contributed by atoms with Crippen LogP contribution in [0.25, 0.3) is 0 Å². The Balaban J connectivity index is 3.35. The summed E-state index contributed by atoms with van der Waals surface area (Å²) in [5, 5.41) is 9.98. The Morgan fingerprint density at radius 3 is 2.32 bits per heavy atom. The van der Waals surface area contributed by atoms with Crippen molar-refractivity contribution in [2.45, 2.75) is 32.6 Å². The Bertz CT molecular complexity index is 487. The number of halogens is 3. The van der Waals surface area contributed by atoms with Gasteiger partial charge in [0.25, 0.3) is 0 Å². The van der Waals surface area contributed by atoms with Crippen molar-refractivity contribution in [3.05, 3.63) is 26.2 Å². The summed E-state index contributed by atoms with van der Waals surface area (Å²) in [6.45, 7) is 2.06. The molecular weight excluding hydrogens is 310 g/mol. The molecule has 0 heterocycles. The van der Waals surface area contributed by atoms with Gasteiger partial charge in [-0.1, -0.05) is 54.6 Å². The summed E-state index contributed by atoms with van der Waals surface area (Å²) >= 11 is 17.8. The monoisotopic (exact) mass is 324 g/mol. The van der Waals surface area contributed by atoms with Crippen LogP contribution in [0.15, 0.2) is 0 Å². The van der Waals surface area contributed by atoms with E-state index in [2.05, 4.69) is 11.7 Å². The number of hydrogen-bond donors (Lipinski definition) is 1. The lowest BCUT2D eigenvalue weighted by Crippen LogP contribution is -2.08. The van der Waals surface area contributed by atoms with Gasteiger partial charge in [-0.15, -0.1) is 0 Å². The molecule has 0 spiro atoms. The van der Waals surface area contributed by atoms with E-state index in [9.17, 15) is 9.90 Å². The van der Waals surface area contributed by atoms with E-state index in [-0.39, 0.29) is 26.4 Å². The SMILES string of the molecule is CCCCCc1c(O)c(Cl)c(Cl)c(Cl)c1C(=O)OC. The Kier molecular flexibility index (Phi) is 6.24. The highest BCUT2D eigenvalue weighted by molar-refractivity contribution is 6.50. The van der Waals surface area contributed by atoms with Gasteiger partial charge >= 0.3 is 5.97 Å². The minimum atomic E-state index is -0.634. The molecule has 0 aliphatic heterocycles. The Labute approximate surface area is 127 Å². The minimum Gasteiger partial charge on any atom is -0.506 e. The first-order chi connectivity index (χ1) is 8.95.